The smallest absolute Gasteiger partial charge is 0.310 e. The molecule has 17 heavy (non-hydrogen) atoms. The zero-order valence-corrected chi connectivity index (χ0v) is 10.5. The summed E-state index contributed by atoms with van der Waals surface area (Å²) in [5, 5.41) is 4.02. The molecule has 0 aliphatic carbocycles. The molecule has 0 amide bonds. The maximum Gasteiger partial charge on any atom is 0.310 e. The Morgan fingerprint density at radius 3 is 3.12 bits per heavy atom. The van der Waals surface area contributed by atoms with Crippen LogP contribution in [0.15, 0.2) is 24.3 Å². The largest absolute Gasteiger partial charge is 0.466 e. The highest BCUT2D eigenvalue weighted by molar-refractivity contribution is 6.30. The van der Waals surface area contributed by atoms with Crippen molar-refractivity contribution in [1.82, 2.24) is 5.32 Å². The summed E-state index contributed by atoms with van der Waals surface area (Å²) in [4.78, 5) is 11.8. The number of halogens is 1. The summed E-state index contributed by atoms with van der Waals surface area (Å²) in [6.07, 6.45) is 0.815. The Hall–Kier alpha value is -1.06. The fraction of sp³-hybridized carbons (Fsp3) is 0.462. The molecular formula is C13H16ClNO2. The number of rotatable bonds is 3. The van der Waals surface area contributed by atoms with Gasteiger partial charge < -0.3 is 10.1 Å². The van der Waals surface area contributed by atoms with Crippen LogP contribution < -0.4 is 5.32 Å². The average molecular weight is 254 g/mol. The molecule has 0 bridgehead atoms. The summed E-state index contributed by atoms with van der Waals surface area (Å²) in [6, 6.07) is 7.64. The lowest BCUT2D eigenvalue weighted by atomic mass is 9.94. The first-order chi connectivity index (χ1) is 8.22. The molecule has 92 valence electrons. The predicted molar refractivity (Wildman–Crippen MR) is 66.9 cm³/mol. The van der Waals surface area contributed by atoms with Gasteiger partial charge in [-0.25, -0.2) is 0 Å². The van der Waals surface area contributed by atoms with Crippen molar-refractivity contribution in [3.8, 4) is 0 Å². The molecule has 1 fully saturated rings. The Morgan fingerprint density at radius 1 is 1.59 bits per heavy atom. The van der Waals surface area contributed by atoms with Gasteiger partial charge in [0.2, 0.25) is 0 Å². The van der Waals surface area contributed by atoms with Gasteiger partial charge in [0.25, 0.3) is 0 Å². The SMILES string of the molecule is CCOC(=O)[C@H]1CCN[C@@H]1c1cccc(Cl)c1. The number of hydrogen-bond acceptors (Lipinski definition) is 3. The summed E-state index contributed by atoms with van der Waals surface area (Å²) in [5.74, 6) is -0.226. The summed E-state index contributed by atoms with van der Waals surface area (Å²) < 4.78 is 5.10. The van der Waals surface area contributed by atoms with E-state index < -0.39 is 0 Å². The van der Waals surface area contributed by atoms with Crippen molar-refractivity contribution in [2.75, 3.05) is 13.2 Å². The quantitative estimate of drug-likeness (QED) is 0.842. The summed E-state index contributed by atoms with van der Waals surface area (Å²) >= 11 is 5.97. The van der Waals surface area contributed by atoms with Gasteiger partial charge in [-0.05, 0) is 37.6 Å². The summed E-state index contributed by atoms with van der Waals surface area (Å²) in [6.45, 7) is 3.09. The van der Waals surface area contributed by atoms with E-state index in [9.17, 15) is 4.79 Å². The minimum absolute atomic E-state index is 0.0211. The topological polar surface area (TPSA) is 38.3 Å². The zero-order valence-electron chi connectivity index (χ0n) is 9.78. The van der Waals surface area contributed by atoms with Crippen molar-refractivity contribution in [1.29, 1.82) is 0 Å². The molecule has 1 heterocycles. The minimum Gasteiger partial charge on any atom is -0.466 e. The van der Waals surface area contributed by atoms with E-state index >= 15 is 0 Å². The Bertz CT molecular complexity index is 408. The van der Waals surface area contributed by atoms with Crippen molar-refractivity contribution < 1.29 is 9.53 Å². The monoisotopic (exact) mass is 253 g/mol. The molecule has 1 aliphatic heterocycles. The van der Waals surface area contributed by atoms with Gasteiger partial charge in [-0.15, -0.1) is 0 Å². The first kappa shape index (κ1) is 12.4. The third-order valence-corrected chi connectivity index (χ3v) is 3.25. The van der Waals surface area contributed by atoms with Crippen LogP contribution in [0.2, 0.25) is 5.02 Å². The molecule has 0 radical (unpaired) electrons. The van der Waals surface area contributed by atoms with Crippen LogP contribution in [0.4, 0.5) is 0 Å². The maximum atomic E-state index is 11.8. The standard InChI is InChI=1S/C13H16ClNO2/c1-2-17-13(16)11-6-7-15-12(11)9-4-3-5-10(14)8-9/h3-5,8,11-12,15H,2,6-7H2,1H3/t11-,12+/m0/s1. The van der Waals surface area contributed by atoms with Crippen molar-refractivity contribution in [3.05, 3.63) is 34.9 Å². The molecule has 1 saturated heterocycles. The molecule has 1 aliphatic rings. The van der Waals surface area contributed by atoms with E-state index in [1.807, 2.05) is 31.2 Å². The molecule has 0 unspecified atom stereocenters. The van der Waals surface area contributed by atoms with Crippen molar-refractivity contribution in [2.24, 2.45) is 5.92 Å². The van der Waals surface area contributed by atoms with Crippen LogP contribution in [0.5, 0.6) is 0 Å². The molecule has 0 saturated carbocycles. The fourth-order valence-electron chi connectivity index (χ4n) is 2.26. The Morgan fingerprint density at radius 2 is 2.41 bits per heavy atom. The number of ether oxygens (including phenoxy) is 1. The van der Waals surface area contributed by atoms with E-state index in [1.54, 1.807) is 0 Å². The fourth-order valence-corrected chi connectivity index (χ4v) is 2.46. The van der Waals surface area contributed by atoms with Gasteiger partial charge in [-0.2, -0.15) is 0 Å². The zero-order chi connectivity index (χ0) is 12.3. The number of carbonyl (C=O) groups is 1. The van der Waals surface area contributed by atoms with E-state index in [0.717, 1.165) is 18.5 Å². The van der Waals surface area contributed by atoms with Crippen LogP contribution >= 0.6 is 11.6 Å². The van der Waals surface area contributed by atoms with Gasteiger partial charge >= 0.3 is 5.97 Å². The van der Waals surface area contributed by atoms with E-state index in [2.05, 4.69) is 5.32 Å². The first-order valence-electron chi connectivity index (χ1n) is 5.88. The van der Waals surface area contributed by atoms with E-state index in [1.165, 1.54) is 0 Å². The number of nitrogens with one attached hydrogen (secondary N) is 1. The normalized spacial score (nSPS) is 23.6. The molecule has 1 aromatic rings. The molecule has 2 rings (SSSR count). The van der Waals surface area contributed by atoms with E-state index in [-0.39, 0.29) is 17.9 Å². The average Bonchev–Trinajstić information content (AvgIpc) is 2.78. The molecular weight excluding hydrogens is 238 g/mol. The number of hydrogen-bond donors (Lipinski definition) is 1. The van der Waals surface area contributed by atoms with Crippen LogP contribution in [-0.4, -0.2) is 19.1 Å². The molecule has 2 atom stereocenters. The minimum atomic E-state index is -0.123. The van der Waals surface area contributed by atoms with Gasteiger partial charge in [0, 0.05) is 11.1 Å². The van der Waals surface area contributed by atoms with Crippen molar-refractivity contribution >= 4 is 17.6 Å². The van der Waals surface area contributed by atoms with Gasteiger partial charge in [-0.3, -0.25) is 4.79 Å². The van der Waals surface area contributed by atoms with Crippen LogP contribution in [0, 0.1) is 5.92 Å². The third kappa shape index (κ3) is 2.79. The lowest BCUT2D eigenvalue weighted by molar-refractivity contribution is -0.148. The highest BCUT2D eigenvalue weighted by Gasteiger charge is 2.34. The lowest BCUT2D eigenvalue weighted by Gasteiger charge is -2.18. The second-order valence-corrected chi connectivity index (χ2v) is 4.57. The van der Waals surface area contributed by atoms with Crippen molar-refractivity contribution in [2.45, 2.75) is 19.4 Å². The molecule has 0 aromatic heterocycles. The molecule has 1 N–H and O–H groups in total. The number of esters is 1. The number of carbonyl (C=O) groups excluding carboxylic acids is 1. The molecule has 3 nitrogen and oxygen atoms in total. The van der Waals surface area contributed by atoms with Crippen molar-refractivity contribution in [3.63, 3.8) is 0 Å². The van der Waals surface area contributed by atoms with Gasteiger partial charge in [0.1, 0.15) is 0 Å². The highest BCUT2D eigenvalue weighted by Crippen LogP contribution is 2.31. The second kappa shape index (κ2) is 5.52. The Kier molecular flexibility index (Phi) is 4.02. The third-order valence-electron chi connectivity index (χ3n) is 3.02. The molecule has 4 heteroatoms. The van der Waals surface area contributed by atoms with Crippen LogP contribution in [0.25, 0.3) is 0 Å². The lowest BCUT2D eigenvalue weighted by Crippen LogP contribution is -2.25. The summed E-state index contributed by atoms with van der Waals surface area (Å²) in [5.41, 5.74) is 1.05. The van der Waals surface area contributed by atoms with Gasteiger partial charge in [0.05, 0.1) is 12.5 Å². The molecule has 0 spiro atoms. The Labute approximate surface area is 106 Å². The Balaban J connectivity index is 2.17. The first-order valence-corrected chi connectivity index (χ1v) is 6.25. The predicted octanol–water partition coefficient (Wildman–Crippen LogP) is 2.55. The van der Waals surface area contributed by atoms with Crippen LogP contribution in [0.3, 0.4) is 0 Å². The summed E-state index contributed by atoms with van der Waals surface area (Å²) in [7, 11) is 0. The van der Waals surface area contributed by atoms with Gasteiger partial charge in [-0.1, -0.05) is 23.7 Å². The van der Waals surface area contributed by atoms with Gasteiger partial charge in [0.15, 0.2) is 0 Å². The second-order valence-electron chi connectivity index (χ2n) is 4.13. The maximum absolute atomic E-state index is 11.8. The van der Waals surface area contributed by atoms with E-state index in [4.69, 9.17) is 16.3 Å². The molecule has 1 aromatic carbocycles. The number of benzene rings is 1. The van der Waals surface area contributed by atoms with Crippen LogP contribution in [-0.2, 0) is 9.53 Å². The van der Waals surface area contributed by atoms with E-state index in [0.29, 0.717) is 11.6 Å². The van der Waals surface area contributed by atoms with Crippen LogP contribution in [0.1, 0.15) is 24.9 Å². The highest BCUT2D eigenvalue weighted by atomic mass is 35.5.